The van der Waals surface area contributed by atoms with Crippen LogP contribution in [-0.4, -0.2) is 40.4 Å². The molecule has 1 fully saturated rings. The Morgan fingerprint density at radius 2 is 1.90 bits per heavy atom. The van der Waals surface area contributed by atoms with Crippen LogP contribution in [0.2, 0.25) is 0 Å². The second kappa shape index (κ2) is 8.86. The molecule has 0 aromatic heterocycles. The van der Waals surface area contributed by atoms with Crippen molar-refractivity contribution >= 4 is 10.0 Å². The lowest BCUT2D eigenvalue weighted by Gasteiger charge is -2.20. The van der Waals surface area contributed by atoms with Gasteiger partial charge in [0.15, 0.2) is 0 Å². The minimum absolute atomic E-state index is 0.248. The molecule has 1 saturated carbocycles. The fraction of sp³-hybridized carbons (Fsp3) is 0.478. The van der Waals surface area contributed by atoms with Crippen molar-refractivity contribution < 1.29 is 13.2 Å². The summed E-state index contributed by atoms with van der Waals surface area (Å²) in [5.41, 5.74) is 4.03. The molecule has 2 N–H and O–H groups in total. The lowest BCUT2D eigenvalue weighted by molar-refractivity contribution is 0.322. The van der Waals surface area contributed by atoms with E-state index in [1.807, 2.05) is 19.2 Å². The maximum absolute atomic E-state index is 12.0. The predicted molar refractivity (Wildman–Crippen MR) is 116 cm³/mol. The van der Waals surface area contributed by atoms with E-state index in [0.717, 1.165) is 31.4 Å². The normalized spacial score (nSPS) is 21.1. The first kappa shape index (κ1) is 20.4. The average Bonchev–Trinajstić information content (AvgIpc) is 3.45. The summed E-state index contributed by atoms with van der Waals surface area (Å²) < 4.78 is 32.4. The number of hydrogen-bond acceptors (Lipinski definition) is 4. The highest BCUT2D eigenvalue weighted by atomic mass is 32.2. The molecule has 0 amide bonds. The fourth-order valence-corrected chi connectivity index (χ4v) is 5.70. The number of rotatable bonds is 10. The Kier molecular flexibility index (Phi) is 6.23. The quantitative estimate of drug-likeness (QED) is 0.587. The fourth-order valence-electron chi connectivity index (χ4n) is 4.23. The molecule has 0 aliphatic heterocycles. The van der Waals surface area contributed by atoms with E-state index in [-0.39, 0.29) is 5.75 Å². The lowest BCUT2D eigenvalue weighted by atomic mass is 9.91. The molecule has 4 rings (SSSR count). The number of likely N-dealkylation sites (N-methyl/N-ethyl adjacent to an activating group) is 1. The van der Waals surface area contributed by atoms with Gasteiger partial charge in [-0.05, 0) is 67.5 Å². The Hall–Kier alpha value is -1.89. The number of hydrogen-bond donors (Lipinski definition) is 2. The standard InChI is InChI=1S/C23H30N2O3S/c1-24-23-14-19-9-10-20(28-12-11-25-29(26,27)16-18-7-8-18)15-21(19)22(23)13-17-5-3-2-4-6-17/h2-6,9-10,15,18,22-25H,7-8,11-14,16H2,1H3. The van der Waals surface area contributed by atoms with E-state index in [9.17, 15) is 8.42 Å². The van der Waals surface area contributed by atoms with Gasteiger partial charge in [0.1, 0.15) is 12.4 Å². The maximum Gasteiger partial charge on any atom is 0.211 e. The van der Waals surface area contributed by atoms with Gasteiger partial charge in [-0.15, -0.1) is 0 Å². The van der Waals surface area contributed by atoms with Crippen molar-refractivity contribution in [1.82, 2.24) is 10.0 Å². The van der Waals surface area contributed by atoms with Gasteiger partial charge in [-0.25, -0.2) is 13.1 Å². The zero-order valence-electron chi connectivity index (χ0n) is 16.9. The predicted octanol–water partition coefficient (Wildman–Crippen LogP) is 2.87. The van der Waals surface area contributed by atoms with Crippen molar-refractivity contribution in [2.24, 2.45) is 5.92 Å². The molecule has 156 valence electrons. The molecule has 0 bridgehead atoms. The van der Waals surface area contributed by atoms with Crippen LogP contribution < -0.4 is 14.8 Å². The van der Waals surface area contributed by atoms with Gasteiger partial charge in [0.05, 0.1) is 5.75 Å². The Balaban J connectivity index is 1.37. The highest BCUT2D eigenvalue weighted by Gasteiger charge is 2.32. The number of ether oxygens (including phenoxy) is 1. The van der Waals surface area contributed by atoms with Gasteiger partial charge in [0.2, 0.25) is 10.0 Å². The molecule has 2 aromatic carbocycles. The Morgan fingerprint density at radius 1 is 1.10 bits per heavy atom. The summed E-state index contributed by atoms with van der Waals surface area (Å²) in [7, 11) is -1.15. The van der Waals surface area contributed by atoms with E-state index >= 15 is 0 Å². The van der Waals surface area contributed by atoms with Gasteiger partial charge in [-0.2, -0.15) is 0 Å². The first-order chi connectivity index (χ1) is 14.0. The first-order valence-electron chi connectivity index (χ1n) is 10.5. The summed E-state index contributed by atoms with van der Waals surface area (Å²) in [5.74, 6) is 1.81. The van der Waals surface area contributed by atoms with Crippen LogP contribution in [0.15, 0.2) is 48.5 Å². The van der Waals surface area contributed by atoms with Crippen molar-refractivity contribution in [2.45, 2.75) is 37.6 Å². The summed E-state index contributed by atoms with van der Waals surface area (Å²) in [5, 5.41) is 3.47. The van der Waals surface area contributed by atoms with E-state index in [2.05, 4.69) is 46.4 Å². The van der Waals surface area contributed by atoms with E-state index in [4.69, 9.17) is 4.74 Å². The topological polar surface area (TPSA) is 67.4 Å². The van der Waals surface area contributed by atoms with Crippen molar-refractivity contribution in [3.8, 4) is 5.75 Å². The number of sulfonamides is 1. The minimum Gasteiger partial charge on any atom is -0.492 e. The second-order valence-corrected chi connectivity index (χ2v) is 10.1. The zero-order chi connectivity index (χ0) is 20.3. The molecule has 0 radical (unpaired) electrons. The Labute approximate surface area is 173 Å². The maximum atomic E-state index is 12.0. The number of benzene rings is 2. The Morgan fingerprint density at radius 3 is 2.62 bits per heavy atom. The minimum atomic E-state index is -3.17. The number of nitrogens with one attached hydrogen (secondary N) is 2. The van der Waals surface area contributed by atoms with Crippen molar-refractivity contribution in [3.05, 3.63) is 65.2 Å². The van der Waals surface area contributed by atoms with Crippen LogP contribution in [-0.2, 0) is 22.9 Å². The average molecular weight is 415 g/mol. The summed E-state index contributed by atoms with van der Waals surface area (Å²) in [6.45, 7) is 0.639. The van der Waals surface area contributed by atoms with Gasteiger partial charge < -0.3 is 10.1 Å². The molecule has 0 heterocycles. The van der Waals surface area contributed by atoms with Crippen LogP contribution in [0.3, 0.4) is 0 Å². The van der Waals surface area contributed by atoms with Crippen molar-refractivity contribution in [1.29, 1.82) is 0 Å². The van der Waals surface area contributed by atoms with Gasteiger partial charge >= 0.3 is 0 Å². The molecule has 2 aliphatic rings. The monoisotopic (exact) mass is 414 g/mol. The molecule has 2 aromatic rings. The van der Waals surface area contributed by atoms with E-state index < -0.39 is 10.0 Å². The molecule has 0 spiro atoms. The summed E-state index contributed by atoms with van der Waals surface area (Å²) in [6, 6.07) is 17.3. The van der Waals surface area contributed by atoms with Crippen LogP contribution in [0, 0.1) is 5.92 Å². The first-order valence-corrected chi connectivity index (χ1v) is 12.1. The molecule has 6 heteroatoms. The van der Waals surface area contributed by atoms with Crippen LogP contribution in [0.25, 0.3) is 0 Å². The van der Waals surface area contributed by atoms with Crippen LogP contribution in [0.4, 0.5) is 0 Å². The number of fused-ring (bicyclic) bond motifs is 1. The van der Waals surface area contributed by atoms with Crippen molar-refractivity contribution in [3.63, 3.8) is 0 Å². The highest BCUT2D eigenvalue weighted by molar-refractivity contribution is 7.89. The SMILES string of the molecule is CNC1Cc2ccc(OCCNS(=O)(=O)CC3CC3)cc2C1Cc1ccccc1. The highest BCUT2D eigenvalue weighted by Crippen LogP contribution is 2.38. The van der Waals surface area contributed by atoms with E-state index in [1.165, 1.54) is 16.7 Å². The third-order valence-corrected chi connectivity index (χ3v) is 7.51. The van der Waals surface area contributed by atoms with E-state index in [1.54, 1.807) is 0 Å². The zero-order valence-corrected chi connectivity index (χ0v) is 17.8. The molecule has 2 unspecified atom stereocenters. The second-order valence-electron chi connectivity index (χ2n) is 8.22. The molecule has 5 nitrogen and oxygen atoms in total. The molecular weight excluding hydrogens is 384 g/mol. The van der Waals surface area contributed by atoms with Gasteiger partial charge in [0.25, 0.3) is 0 Å². The summed E-state index contributed by atoms with van der Waals surface area (Å²) in [6.07, 6.45) is 4.07. The van der Waals surface area contributed by atoms with Gasteiger partial charge in [0, 0.05) is 18.5 Å². The van der Waals surface area contributed by atoms with Crippen LogP contribution >= 0.6 is 0 Å². The Bertz CT molecular complexity index is 926. The smallest absolute Gasteiger partial charge is 0.211 e. The van der Waals surface area contributed by atoms with Gasteiger partial charge in [-0.1, -0.05) is 36.4 Å². The van der Waals surface area contributed by atoms with Gasteiger partial charge in [-0.3, -0.25) is 0 Å². The molecule has 2 atom stereocenters. The van der Waals surface area contributed by atoms with Crippen LogP contribution in [0.5, 0.6) is 5.75 Å². The third-order valence-electron chi connectivity index (χ3n) is 5.96. The van der Waals surface area contributed by atoms with Crippen LogP contribution in [0.1, 0.15) is 35.4 Å². The third kappa shape index (κ3) is 5.38. The van der Waals surface area contributed by atoms with Crippen molar-refractivity contribution in [2.75, 3.05) is 26.0 Å². The molecular formula is C23H30N2O3S. The molecule has 0 saturated heterocycles. The molecule has 29 heavy (non-hydrogen) atoms. The molecule has 2 aliphatic carbocycles. The largest absolute Gasteiger partial charge is 0.492 e. The summed E-state index contributed by atoms with van der Waals surface area (Å²) >= 11 is 0. The lowest BCUT2D eigenvalue weighted by Crippen LogP contribution is -2.31. The summed E-state index contributed by atoms with van der Waals surface area (Å²) in [4.78, 5) is 0. The van der Waals surface area contributed by atoms with E-state index in [0.29, 0.717) is 31.0 Å².